The first-order valence-electron chi connectivity index (χ1n) is 38.2. The smallest absolute Gasteiger partial charge is 0.416 e. The van der Waals surface area contributed by atoms with Crippen molar-refractivity contribution >= 4 is 80.4 Å². The lowest BCUT2D eigenvalue weighted by atomic mass is 10.1. The van der Waals surface area contributed by atoms with Gasteiger partial charge < -0.3 is 69.6 Å². The molecule has 1 unspecified atom stereocenters. The summed E-state index contributed by atoms with van der Waals surface area (Å²) in [5, 5.41) is 21.3. The molecule has 1 aliphatic rings. The van der Waals surface area contributed by atoms with E-state index in [-0.39, 0.29) is 12.6 Å². The van der Waals surface area contributed by atoms with E-state index in [0.29, 0.717) is 117 Å². The van der Waals surface area contributed by atoms with Crippen molar-refractivity contribution in [3.63, 3.8) is 0 Å². The highest BCUT2D eigenvalue weighted by Gasteiger charge is 2.30. The zero-order chi connectivity index (χ0) is 78.4. The van der Waals surface area contributed by atoms with Crippen LogP contribution in [0.25, 0.3) is 33.4 Å². The number of halogens is 3. The number of rotatable bonds is 37. The summed E-state index contributed by atoms with van der Waals surface area (Å²) in [5.74, 6) is 7.06. The van der Waals surface area contributed by atoms with E-state index >= 15 is 0 Å². The van der Waals surface area contributed by atoms with Crippen LogP contribution < -0.4 is 55.6 Å². The van der Waals surface area contributed by atoms with Gasteiger partial charge in [-0.1, -0.05) is 105 Å². The number of morpholine rings is 1. The highest BCUT2D eigenvalue weighted by Crippen LogP contribution is 2.40. The van der Waals surface area contributed by atoms with Crippen molar-refractivity contribution in [2.24, 2.45) is 0 Å². The van der Waals surface area contributed by atoms with Gasteiger partial charge in [-0.2, -0.15) is 28.1 Å². The van der Waals surface area contributed by atoms with E-state index < -0.39 is 11.7 Å². The Hall–Kier alpha value is -12.8. The summed E-state index contributed by atoms with van der Waals surface area (Å²) in [6.07, 6.45) is 2.49. The van der Waals surface area contributed by atoms with Crippen LogP contribution in [0.5, 0.6) is 34.5 Å². The minimum Gasteiger partial charge on any atom is -0.495 e. The highest BCUT2D eigenvalue weighted by molar-refractivity contribution is 5.87. The summed E-state index contributed by atoms with van der Waals surface area (Å²) in [4.78, 5) is 35.7. The number of methoxy groups -OCH3 is 1. The molecule has 0 bridgehead atoms. The van der Waals surface area contributed by atoms with E-state index in [4.69, 9.17) is 52.8 Å². The Kier molecular flexibility index (Phi) is 25.9. The Bertz CT molecular complexity index is 5260. The molecule has 584 valence electrons. The molecule has 22 nitrogen and oxygen atoms in total. The summed E-state index contributed by atoms with van der Waals surface area (Å²) in [6.45, 7) is 16.5. The van der Waals surface area contributed by atoms with Crippen molar-refractivity contribution in [3.8, 4) is 56.9 Å². The van der Waals surface area contributed by atoms with E-state index in [2.05, 4.69) is 95.5 Å². The number of nitrogens with zero attached hydrogens (tertiary/aromatic N) is 9. The Labute approximate surface area is 660 Å². The van der Waals surface area contributed by atoms with Crippen LogP contribution in [0.3, 0.4) is 0 Å². The molecule has 9 aromatic carbocycles. The summed E-state index contributed by atoms with van der Waals surface area (Å²) >= 11 is 0. The van der Waals surface area contributed by atoms with Gasteiger partial charge >= 0.3 is 6.18 Å². The van der Waals surface area contributed by atoms with E-state index in [9.17, 15) is 13.2 Å². The third-order valence-corrected chi connectivity index (χ3v) is 19.5. The minimum atomic E-state index is -4.47. The van der Waals surface area contributed by atoms with E-state index in [1.807, 2.05) is 182 Å². The number of para-hydroxylation sites is 7. The van der Waals surface area contributed by atoms with Gasteiger partial charge in [0.25, 0.3) is 0 Å². The number of aromatic nitrogens is 6. The van der Waals surface area contributed by atoms with Crippen LogP contribution in [0, 0.1) is 0 Å². The van der Waals surface area contributed by atoms with Gasteiger partial charge in [-0.3, -0.25) is 9.80 Å². The molecule has 0 spiro atoms. The molecule has 5 heterocycles. The number of nitrogens with one attached hydrogen (secondary N) is 6. The third kappa shape index (κ3) is 21.2. The largest absolute Gasteiger partial charge is 0.495 e. The first-order valence-corrected chi connectivity index (χ1v) is 38.2. The van der Waals surface area contributed by atoms with Crippen LogP contribution in [0.2, 0.25) is 0 Å². The van der Waals surface area contributed by atoms with Crippen LogP contribution >= 0.6 is 0 Å². The zero-order valence-corrected chi connectivity index (χ0v) is 63.9. The maximum absolute atomic E-state index is 13.4. The van der Waals surface area contributed by atoms with Gasteiger partial charge in [0.15, 0.2) is 5.75 Å². The predicted octanol–water partition coefficient (Wildman–Crippen LogP) is 19.8. The Balaban J connectivity index is 0.547. The number of ether oxygens (including phenoxy) is 6. The van der Waals surface area contributed by atoms with Crippen molar-refractivity contribution in [1.29, 1.82) is 0 Å². The topological polar surface area (TPSA) is 228 Å². The number of furan rings is 1. The number of alkyl halides is 3. The molecular formula is C89H90F3N15O7. The average molecular weight is 1540 g/mol. The Morgan fingerprint density at radius 2 is 1.12 bits per heavy atom. The van der Waals surface area contributed by atoms with E-state index in [1.54, 1.807) is 31.8 Å². The second kappa shape index (κ2) is 37.9. The van der Waals surface area contributed by atoms with Gasteiger partial charge in [0, 0.05) is 85.4 Å². The average Bonchev–Trinajstić information content (AvgIpc) is 1.54. The normalized spacial score (nSPS) is 12.6. The standard InChI is InChI=1S/C89H90F3N15O7/c1-5-105(49-53-110-70-37-33-67(34-38-70)96-87-94-58-73(64-29-31-66(32-30-64)89(90,91)92)84(103-87)100-75-22-8-12-26-79(75)108-4)45-42-61(3)107(6-2)50-54-111-71-39-35-68(36-40-71)97-88-95-59-74(82-57-65-19-7-11-25-78(65)114-82)85(104-88)101-76-23-9-13-27-80(76)112-60-63-18-16-21-72(56-63)113-81-28-14-10-24-77(81)99-83-41-44-93-86(102-83)98-69-20-15-17-62(55-69)43-46-106-47-51-109-52-48-106/h7-41,44,55-59,61H,5-6,42-43,45-54,60H2,1-4H3,(H2,93,98,99,102)(H2,94,96,100,103)(H2,95,97,101,104). The molecule has 14 rings (SSSR count). The quantitative estimate of drug-likeness (QED) is 0.0213. The van der Waals surface area contributed by atoms with Gasteiger partial charge in [-0.05, 0) is 196 Å². The second-order valence-corrected chi connectivity index (χ2v) is 27.2. The number of likely N-dealkylation sites (N-methyl/N-ethyl adjacent to an activating group) is 2. The van der Waals surface area contributed by atoms with Crippen molar-refractivity contribution < 1.29 is 46.0 Å². The van der Waals surface area contributed by atoms with E-state index in [1.165, 1.54) is 17.7 Å². The number of hydrogen-bond acceptors (Lipinski definition) is 22. The lowest BCUT2D eigenvalue weighted by Gasteiger charge is -2.30. The molecular weight excluding hydrogens is 1450 g/mol. The lowest BCUT2D eigenvalue weighted by Crippen LogP contribution is -2.39. The van der Waals surface area contributed by atoms with E-state index in [0.717, 1.165) is 130 Å². The molecule has 0 radical (unpaired) electrons. The van der Waals surface area contributed by atoms with Crippen LogP contribution in [-0.4, -0.2) is 137 Å². The monoisotopic (exact) mass is 1540 g/mol. The number of fused-ring (bicyclic) bond motifs is 1. The number of anilines is 12. The Morgan fingerprint density at radius 1 is 0.518 bits per heavy atom. The molecule has 6 N–H and O–H groups in total. The van der Waals surface area contributed by atoms with Crippen LogP contribution in [0.1, 0.15) is 43.9 Å². The fraction of sp³-hybridized carbons (Fsp3) is 0.236. The molecule has 0 amide bonds. The number of hydrogen-bond donors (Lipinski definition) is 6. The maximum atomic E-state index is 13.4. The fourth-order valence-electron chi connectivity index (χ4n) is 13.2. The lowest BCUT2D eigenvalue weighted by molar-refractivity contribution is -0.137. The minimum absolute atomic E-state index is 0.236. The molecule has 0 aliphatic carbocycles. The first-order chi connectivity index (χ1) is 55.8. The van der Waals surface area contributed by atoms with Gasteiger partial charge in [-0.15, -0.1) is 0 Å². The molecule has 13 aromatic rings. The van der Waals surface area contributed by atoms with Gasteiger partial charge in [0.2, 0.25) is 17.8 Å². The second-order valence-electron chi connectivity index (χ2n) is 27.2. The first kappa shape index (κ1) is 77.9. The van der Waals surface area contributed by atoms with Crippen molar-refractivity contribution in [3.05, 3.63) is 266 Å². The van der Waals surface area contributed by atoms with Gasteiger partial charge in [0.05, 0.1) is 48.5 Å². The summed E-state index contributed by atoms with van der Waals surface area (Å²) in [6, 6.07) is 71.2. The summed E-state index contributed by atoms with van der Waals surface area (Å²) < 4.78 is 83.5. The fourth-order valence-corrected chi connectivity index (χ4v) is 13.2. The summed E-state index contributed by atoms with van der Waals surface area (Å²) in [5.41, 5.74) is 8.23. The SMILES string of the molecule is CCN(CCOc1ccc(Nc2ncc(-c3ccc(C(F)(F)F)cc3)c(Nc3ccccc3OC)n2)cc1)CCC(C)N(CC)CCOc1ccc(Nc2ncc(-c3cc4ccccc4o3)c(Nc3ccccc3OCc3cccc(Oc4ccccc4Nc4ccnc(Nc5cccc(CCN6CCOCC6)c5)n4)c3)n2)cc1. The molecule has 1 aliphatic heterocycles. The molecule has 1 atom stereocenters. The van der Waals surface area contributed by atoms with Crippen molar-refractivity contribution in [2.45, 2.75) is 52.4 Å². The van der Waals surface area contributed by atoms with Crippen LogP contribution in [0.4, 0.5) is 82.6 Å². The third-order valence-electron chi connectivity index (χ3n) is 19.5. The Morgan fingerprint density at radius 3 is 1.81 bits per heavy atom. The van der Waals surface area contributed by atoms with Gasteiger partial charge in [0.1, 0.15) is 77.4 Å². The van der Waals surface area contributed by atoms with Crippen molar-refractivity contribution in [1.82, 2.24) is 44.6 Å². The molecule has 114 heavy (non-hydrogen) atoms. The molecule has 25 heteroatoms. The predicted molar refractivity (Wildman–Crippen MR) is 443 cm³/mol. The molecule has 1 fully saturated rings. The van der Waals surface area contributed by atoms with Gasteiger partial charge in [-0.25, -0.2) is 15.0 Å². The molecule has 0 saturated carbocycles. The van der Waals surface area contributed by atoms with Crippen LogP contribution in [-0.2, 0) is 23.9 Å². The summed E-state index contributed by atoms with van der Waals surface area (Å²) in [7, 11) is 1.56. The maximum Gasteiger partial charge on any atom is 0.416 e. The number of benzene rings is 9. The molecule has 4 aromatic heterocycles. The van der Waals surface area contributed by atoms with Crippen molar-refractivity contribution in [2.75, 3.05) is 118 Å². The molecule has 1 saturated heterocycles. The highest BCUT2D eigenvalue weighted by atomic mass is 19.4. The van der Waals surface area contributed by atoms with Crippen LogP contribution in [0.15, 0.2) is 254 Å². The zero-order valence-electron chi connectivity index (χ0n) is 63.9.